The van der Waals surface area contributed by atoms with Crippen LogP contribution in [0.15, 0.2) is 54.1 Å². The minimum absolute atomic E-state index is 0.359. The van der Waals surface area contributed by atoms with Gasteiger partial charge >= 0.3 is 5.97 Å². The van der Waals surface area contributed by atoms with Gasteiger partial charge in [0.15, 0.2) is 6.04 Å². The molecule has 0 aliphatic heterocycles. The Kier molecular flexibility index (Phi) is 6.23. The van der Waals surface area contributed by atoms with Crippen molar-refractivity contribution in [2.45, 2.75) is 26.3 Å². The summed E-state index contributed by atoms with van der Waals surface area (Å²) in [5.41, 5.74) is 1.10. The number of benzene rings is 1. The number of carbonyl (C=O) groups excluding carboxylic acids is 1. The van der Waals surface area contributed by atoms with E-state index < -0.39 is 12.0 Å². The van der Waals surface area contributed by atoms with Crippen molar-refractivity contribution < 1.29 is 14.7 Å². The fraction of sp³-hybridized carbons (Fsp3) is 0.250. The highest BCUT2D eigenvalue weighted by molar-refractivity contribution is 5.96. The molecule has 0 saturated carbocycles. The van der Waals surface area contributed by atoms with Crippen molar-refractivity contribution in [1.29, 1.82) is 0 Å². The van der Waals surface area contributed by atoms with Gasteiger partial charge < -0.3 is 10.4 Å². The molecule has 4 heteroatoms. The Morgan fingerprint density at radius 2 is 1.95 bits per heavy atom. The maximum absolute atomic E-state index is 12.1. The van der Waals surface area contributed by atoms with Crippen molar-refractivity contribution in [2.24, 2.45) is 0 Å². The van der Waals surface area contributed by atoms with Crippen LogP contribution in [0.3, 0.4) is 0 Å². The first-order valence-electron chi connectivity index (χ1n) is 6.50. The maximum atomic E-state index is 12.1. The van der Waals surface area contributed by atoms with Crippen LogP contribution in [0.4, 0.5) is 0 Å². The molecule has 20 heavy (non-hydrogen) atoms. The number of aliphatic carboxylic acids is 1. The van der Waals surface area contributed by atoms with E-state index in [0.29, 0.717) is 17.6 Å². The van der Waals surface area contributed by atoms with Gasteiger partial charge in [-0.15, -0.1) is 0 Å². The van der Waals surface area contributed by atoms with Gasteiger partial charge in [0.25, 0.3) is 0 Å². The molecule has 106 valence electrons. The molecule has 0 spiro atoms. The predicted octanol–water partition coefficient (Wildman–Crippen LogP) is 2.84. The molecule has 0 fully saturated rings. The fourth-order valence-corrected chi connectivity index (χ4v) is 1.72. The Bertz CT molecular complexity index is 518. The minimum Gasteiger partial charge on any atom is -0.479 e. The van der Waals surface area contributed by atoms with E-state index in [2.05, 4.69) is 5.32 Å². The minimum atomic E-state index is -1.08. The lowest BCUT2D eigenvalue weighted by Crippen LogP contribution is -2.34. The van der Waals surface area contributed by atoms with Crippen LogP contribution in [0, 0.1) is 0 Å². The lowest BCUT2D eigenvalue weighted by atomic mass is 10.1. The molecule has 0 radical (unpaired) electrons. The number of allylic oxidation sites excluding steroid dienone is 3. The standard InChI is InChI=1S/C16H19NO3/c1-3-5-9-12(4-2)15(18)17-14(16(19)20)13-10-7-6-8-11-13/h3,5-11,14H,4H2,1-2H3,(H,17,18)(H,19,20)/b5-3-,12-9+/t14-/m0/s1. The first-order chi connectivity index (χ1) is 9.60. The maximum Gasteiger partial charge on any atom is 0.330 e. The van der Waals surface area contributed by atoms with Crippen molar-refractivity contribution >= 4 is 11.9 Å². The molecule has 0 aliphatic carbocycles. The molecule has 1 aromatic rings. The molecular formula is C16H19NO3. The monoisotopic (exact) mass is 273 g/mol. The van der Waals surface area contributed by atoms with Gasteiger partial charge in [0.2, 0.25) is 5.91 Å². The largest absolute Gasteiger partial charge is 0.479 e. The average Bonchev–Trinajstić information content (AvgIpc) is 2.46. The highest BCUT2D eigenvalue weighted by Crippen LogP contribution is 2.14. The molecule has 0 bridgehead atoms. The van der Waals surface area contributed by atoms with E-state index in [9.17, 15) is 14.7 Å². The molecule has 0 unspecified atom stereocenters. The average molecular weight is 273 g/mol. The third kappa shape index (κ3) is 4.39. The lowest BCUT2D eigenvalue weighted by Gasteiger charge is -2.15. The summed E-state index contributed by atoms with van der Waals surface area (Å²) in [6.45, 7) is 3.71. The molecular weight excluding hydrogens is 254 g/mol. The van der Waals surface area contributed by atoms with E-state index in [4.69, 9.17) is 0 Å². The Hall–Kier alpha value is -2.36. The Morgan fingerprint density at radius 1 is 1.30 bits per heavy atom. The van der Waals surface area contributed by atoms with Crippen LogP contribution in [-0.4, -0.2) is 17.0 Å². The van der Waals surface area contributed by atoms with Gasteiger partial charge in [-0.2, -0.15) is 0 Å². The summed E-state index contributed by atoms with van der Waals surface area (Å²) < 4.78 is 0. The molecule has 1 atom stereocenters. The van der Waals surface area contributed by atoms with Crippen LogP contribution >= 0.6 is 0 Å². The summed E-state index contributed by atoms with van der Waals surface area (Å²) >= 11 is 0. The van der Waals surface area contributed by atoms with E-state index in [1.54, 1.807) is 42.5 Å². The van der Waals surface area contributed by atoms with Crippen molar-refractivity contribution in [2.75, 3.05) is 0 Å². The quantitative estimate of drug-likeness (QED) is 0.618. The Balaban J connectivity index is 2.92. The number of carbonyl (C=O) groups is 2. The number of hydrogen-bond acceptors (Lipinski definition) is 2. The van der Waals surface area contributed by atoms with Crippen LogP contribution in [0.5, 0.6) is 0 Å². The van der Waals surface area contributed by atoms with Gasteiger partial charge in [0, 0.05) is 5.57 Å². The second-order valence-corrected chi connectivity index (χ2v) is 4.23. The zero-order valence-electron chi connectivity index (χ0n) is 11.7. The van der Waals surface area contributed by atoms with Crippen LogP contribution in [0.2, 0.25) is 0 Å². The van der Waals surface area contributed by atoms with Crippen molar-refractivity contribution in [3.05, 3.63) is 59.7 Å². The molecule has 4 nitrogen and oxygen atoms in total. The van der Waals surface area contributed by atoms with E-state index in [0.717, 1.165) is 0 Å². The van der Waals surface area contributed by atoms with E-state index in [1.807, 2.05) is 19.9 Å². The smallest absolute Gasteiger partial charge is 0.330 e. The van der Waals surface area contributed by atoms with Crippen LogP contribution < -0.4 is 5.32 Å². The summed E-state index contributed by atoms with van der Waals surface area (Å²) in [5.74, 6) is -1.44. The van der Waals surface area contributed by atoms with Gasteiger partial charge in [-0.1, -0.05) is 55.5 Å². The summed E-state index contributed by atoms with van der Waals surface area (Å²) in [7, 11) is 0. The van der Waals surface area contributed by atoms with Gasteiger partial charge in [-0.3, -0.25) is 4.79 Å². The third-order valence-corrected chi connectivity index (χ3v) is 2.82. The SMILES string of the molecule is C/C=C\C=C(/CC)C(=O)N[C@H](C(=O)O)c1ccccc1. The Labute approximate surface area is 118 Å². The zero-order chi connectivity index (χ0) is 15.0. The molecule has 2 N–H and O–H groups in total. The molecule has 1 rings (SSSR count). The number of carboxylic acid groups (broad SMARTS) is 1. The molecule has 0 aromatic heterocycles. The van der Waals surface area contributed by atoms with Gasteiger partial charge in [-0.25, -0.2) is 4.79 Å². The normalized spacial score (nSPS) is 13.2. The highest BCUT2D eigenvalue weighted by atomic mass is 16.4. The van der Waals surface area contributed by atoms with Crippen molar-refractivity contribution in [1.82, 2.24) is 5.32 Å². The lowest BCUT2D eigenvalue weighted by molar-refractivity contribution is -0.141. The van der Waals surface area contributed by atoms with Crippen LogP contribution in [0.1, 0.15) is 31.9 Å². The number of rotatable bonds is 6. The fourth-order valence-electron chi connectivity index (χ4n) is 1.72. The molecule has 0 aliphatic rings. The topological polar surface area (TPSA) is 66.4 Å². The summed E-state index contributed by atoms with van der Waals surface area (Å²) in [6.07, 6.45) is 5.81. The third-order valence-electron chi connectivity index (χ3n) is 2.82. The number of carboxylic acids is 1. The van der Waals surface area contributed by atoms with Crippen LogP contribution in [0.25, 0.3) is 0 Å². The molecule has 1 aromatic carbocycles. The van der Waals surface area contributed by atoms with E-state index in [-0.39, 0.29) is 5.91 Å². The first-order valence-corrected chi connectivity index (χ1v) is 6.50. The first kappa shape index (κ1) is 15.7. The Morgan fingerprint density at radius 3 is 2.45 bits per heavy atom. The van der Waals surface area contributed by atoms with E-state index in [1.165, 1.54) is 0 Å². The van der Waals surface area contributed by atoms with Gasteiger partial charge in [0.1, 0.15) is 0 Å². The second kappa shape index (κ2) is 7.94. The van der Waals surface area contributed by atoms with E-state index >= 15 is 0 Å². The molecule has 0 saturated heterocycles. The summed E-state index contributed by atoms with van der Waals surface area (Å²) in [6, 6.07) is 7.61. The molecule has 0 heterocycles. The number of nitrogens with one attached hydrogen (secondary N) is 1. The number of hydrogen-bond donors (Lipinski definition) is 2. The van der Waals surface area contributed by atoms with Crippen LogP contribution in [-0.2, 0) is 9.59 Å². The zero-order valence-corrected chi connectivity index (χ0v) is 11.7. The molecule has 1 amide bonds. The van der Waals surface area contributed by atoms with Gasteiger partial charge in [0.05, 0.1) is 0 Å². The second-order valence-electron chi connectivity index (χ2n) is 4.23. The number of amides is 1. The van der Waals surface area contributed by atoms with Crippen molar-refractivity contribution in [3.63, 3.8) is 0 Å². The highest BCUT2D eigenvalue weighted by Gasteiger charge is 2.22. The van der Waals surface area contributed by atoms with Crippen molar-refractivity contribution in [3.8, 4) is 0 Å². The van der Waals surface area contributed by atoms with Gasteiger partial charge in [-0.05, 0) is 18.9 Å². The predicted molar refractivity (Wildman–Crippen MR) is 78.1 cm³/mol. The summed E-state index contributed by atoms with van der Waals surface area (Å²) in [4.78, 5) is 23.4. The summed E-state index contributed by atoms with van der Waals surface area (Å²) in [5, 5.41) is 11.8.